The van der Waals surface area contributed by atoms with Crippen molar-refractivity contribution in [2.24, 2.45) is 0 Å². The molecule has 1 saturated heterocycles. The maximum atomic E-state index is 6.07. The molecule has 0 radical (unpaired) electrons. The van der Waals surface area contributed by atoms with Crippen LogP contribution in [-0.4, -0.2) is 18.5 Å². The van der Waals surface area contributed by atoms with E-state index in [-0.39, 0.29) is 6.10 Å². The van der Waals surface area contributed by atoms with Crippen molar-refractivity contribution in [2.45, 2.75) is 83.5 Å². The summed E-state index contributed by atoms with van der Waals surface area (Å²) < 4.78 is 6.07. The van der Waals surface area contributed by atoms with Gasteiger partial charge in [-0.05, 0) is 35.6 Å². The van der Waals surface area contributed by atoms with E-state index in [1.807, 2.05) is 13.0 Å². The van der Waals surface area contributed by atoms with Crippen molar-refractivity contribution in [2.75, 3.05) is 6.61 Å². The molecule has 1 heterocycles. The first-order valence-corrected chi connectivity index (χ1v) is 11.9. The zero-order chi connectivity index (χ0) is 21.9. The summed E-state index contributed by atoms with van der Waals surface area (Å²) in [6, 6.07) is 18.8. The first-order valence-electron chi connectivity index (χ1n) is 11.9. The van der Waals surface area contributed by atoms with Crippen LogP contribution >= 0.6 is 0 Å². The summed E-state index contributed by atoms with van der Waals surface area (Å²) in [4.78, 5) is 11.4. The minimum absolute atomic E-state index is 0.283. The lowest BCUT2D eigenvalue weighted by atomic mass is 9.98. The van der Waals surface area contributed by atoms with Crippen molar-refractivity contribution in [1.29, 1.82) is 0 Å². The second kappa shape index (κ2) is 12.2. The highest BCUT2D eigenvalue weighted by molar-refractivity contribution is 5.71. The highest BCUT2D eigenvalue weighted by Crippen LogP contribution is 2.31. The maximum absolute atomic E-state index is 6.07. The molecule has 2 aromatic rings. The lowest BCUT2D eigenvalue weighted by molar-refractivity contribution is -0.474. The standard InChI is InChI=1S/C28H38O3/c1-4-5-6-7-8-9-10-14-21-28(3)29-22-27(30-31-28)23(2)24-17-19-26(20-18-24)25-15-12-11-13-16-25/h11-13,15-20,27H,2,4-10,14,21-22H2,1,3H3. The van der Waals surface area contributed by atoms with Crippen molar-refractivity contribution >= 4 is 5.57 Å². The number of hydrogen-bond donors (Lipinski definition) is 0. The Balaban J connectivity index is 1.40. The van der Waals surface area contributed by atoms with Gasteiger partial charge in [-0.3, -0.25) is 0 Å². The third-order valence-electron chi connectivity index (χ3n) is 6.12. The maximum Gasteiger partial charge on any atom is 0.198 e. The fourth-order valence-corrected chi connectivity index (χ4v) is 4.01. The topological polar surface area (TPSA) is 27.7 Å². The van der Waals surface area contributed by atoms with Gasteiger partial charge in [0.2, 0.25) is 0 Å². The van der Waals surface area contributed by atoms with E-state index in [4.69, 9.17) is 14.5 Å². The molecule has 1 aliphatic rings. The number of hydrogen-bond acceptors (Lipinski definition) is 3. The fourth-order valence-electron chi connectivity index (χ4n) is 4.01. The first-order chi connectivity index (χ1) is 15.1. The summed E-state index contributed by atoms with van der Waals surface area (Å²) in [6.07, 6.45) is 10.9. The van der Waals surface area contributed by atoms with Crippen LogP contribution < -0.4 is 0 Å². The van der Waals surface area contributed by atoms with Gasteiger partial charge in [0, 0.05) is 6.42 Å². The zero-order valence-corrected chi connectivity index (χ0v) is 19.3. The van der Waals surface area contributed by atoms with Crippen LogP contribution in [0.25, 0.3) is 16.7 Å². The molecule has 1 aliphatic heterocycles. The molecule has 0 amide bonds. The van der Waals surface area contributed by atoms with Gasteiger partial charge in [-0.15, -0.1) is 0 Å². The predicted molar refractivity (Wildman–Crippen MR) is 128 cm³/mol. The van der Waals surface area contributed by atoms with E-state index in [1.54, 1.807) is 0 Å². The van der Waals surface area contributed by atoms with E-state index in [0.717, 1.165) is 24.0 Å². The summed E-state index contributed by atoms with van der Waals surface area (Å²) in [5, 5.41) is 0. The SMILES string of the molecule is C=C(c1ccc(-c2ccccc2)cc1)C1COC(C)(CCCCCCCCCC)OO1. The van der Waals surface area contributed by atoms with E-state index in [2.05, 4.69) is 62.0 Å². The van der Waals surface area contributed by atoms with Gasteiger partial charge in [-0.1, -0.05) is 113 Å². The van der Waals surface area contributed by atoms with Gasteiger partial charge in [0.25, 0.3) is 0 Å². The summed E-state index contributed by atoms with van der Waals surface area (Å²) in [5.41, 5.74) is 4.32. The second-order valence-corrected chi connectivity index (χ2v) is 8.81. The molecular formula is C28H38O3. The summed E-state index contributed by atoms with van der Waals surface area (Å²) in [5.74, 6) is -0.657. The zero-order valence-electron chi connectivity index (χ0n) is 19.3. The summed E-state index contributed by atoms with van der Waals surface area (Å²) in [7, 11) is 0. The summed E-state index contributed by atoms with van der Waals surface area (Å²) >= 11 is 0. The monoisotopic (exact) mass is 422 g/mol. The molecule has 1 fully saturated rings. The van der Waals surface area contributed by atoms with Gasteiger partial charge in [-0.25, -0.2) is 9.78 Å². The Hall–Kier alpha value is -1.94. The van der Waals surface area contributed by atoms with Crippen LogP contribution in [0, 0.1) is 0 Å². The van der Waals surface area contributed by atoms with Crippen LogP contribution in [0.4, 0.5) is 0 Å². The number of rotatable bonds is 12. The smallest absolute Gasteiger partial charge is 0.198 e. The van der Waals surface area contributed by atoms with Crippen LogP contribution in [-0.2, 0) is 14.5 Å². The average Bonchev–Trinajstić information content (AvgIpc) is 2.81. The Labute approximate surface area is 188 Å². The third-order valence-corrected chi connectivity index (χ3v) is 6.12. The molecule has 3 heteroatoms. The normalized spacial score (nSPS) is 21.2. The number of ether oxygens (including phenoxy) is 1. The first kappa shape index (κ1) is 23.7. The molecular weight excluding hydrogens is 384 g/mol. The quantitative estimate of drug-likeness (QED) is 0.256. The van der Waals surface area contributed by atoms with Crippen molar-refractivity contribution in [3.05, 3.63) is 66.7 Å². The Morgan fingerprint density at radius 2 is 1.48 bits per heavy atom. The van der Waals surface area contributed by atoms with Crippen LogP contribution in [0.5, 0.6) is 0 Å². The van der Waals surface area contributed by atoms with Crippen molar-refractivity contribution < 1.29 is 14.5 Å². The van der Waals surface area contributed by atoms with Crippen LogP contribution in [0.3, 0.4) is 0 Å². The molecule has 2 aromatic carbocycles. The van der Waals surface area contributed by atoms with E-state index in [0.29, 0.717) is 6.61 Å². The van der Waals surface area contributed by atoms with E-state index in [9.17, 15) is 0 Å². The Bertz CT molecular complexity index is 774. The molecule has 0 aromatic heterocycles. The number of benzene rings is 2. The van der Waals surface area contributed by atoms with Gasteiger partial charge in [0.15, 0.2) is 5.79 Å². The predicted octanol–water partition coefficient (Wildman–Crippen LogP) is 7.96. The van der Waals surface area contributed by atoms with Gasteiger partial charge < -0.3 is 4.74 Å². The number of unbranched alkanes of at least 4 members (excludes halogenated alkanes) is 7. The minimum Gasteiger partial charge on any atom is -0.344 e. The van der Waals surface area contributed by atoms with Crippen LogP contribution in [0.15, 0.2) is 61.2 Å². The van der Waals surface area contributed by atoms with Crippen molar-refractivity contribution in [3.63, 3.8) is 0 Å². The highest BCUT2D eigenvalue weighted by Gasteiger charge is 2.35. The summed E-state index contributed by atoms with van der Waals surface area (Å²) in [6.45, 7) is 8.93. The van der Waals surface area contributed by atoms with E-state index >= 15 is 0 Å². The molecule has 0 N–H and O–H groups in total. The van der Waals surface area contributed by atoms with Crippen LogP contribution in [0.2, 0.25) is 0 Å². The van der Waals surface area contributed by atoms with Gasteiger partial charge in [0.05, 0.1) is 6.61 Å². The molecule has 0 spiro atoms. The Morgan fingerprint density at radius 3 is 2.10 bits per heavy atom. The fraction of sp³-hybridized carbons (Fsp3) is 0.500. The third kappa shape index (κ3) is 7.31. The minimum atomic E-state index is -0.657. The Kier molecular flexibility index (Phi) is 9.32. The lowest BCUT2D eigenvalue weighted by Crippen LogP contribution is -2.43. The molecule has 3 rings (SSSR count). The molecule has 0 saturated carbocycles. The van der Waals surface area contributed by atoms with E-state index < -0.39 is 5.79 Å². The van der Waals surface area contributed by atoms with Gasteiger partial charge in [0.1, 0.15) is 6.10 Å². The van der Waals surface area contributed by atoms with Gasteiger partial charge in [-0.2, -0.15) is 0 Å². The molecule has 31 heavy (non-hydrogen) atoms. The van der Waals surface area contributed by atoms with Crippen molar-refractivity contribution in [1.82, 2.24) is 0 Å². The average molecular weight is 423 g/mol. The highest BCUT2D eigenvalue weighted by atomic mass is 17.2. The largest absolute Gasteiger partial charge is 0.344 e. The molecule has 0 bridgehead atoms. The Morgan fingerprint density at radius 1 is 0.871 bits per heavy atom. The van der Waals surface area contributed by atoms with Crippen molar-refractivity contribution in [3.8, 4) is 11.1 Å². The second-order valence-electron chi connectivity index (χ2n) is 8.81. The molecule has 168 valence electrons. The van der Waals surface area contributed by atoms with E-state index in [1.165, 1.54) is 56.1 Å². The lowest BCUT2D eigenvalue weighted by Gasteiger charge is -2.36. The molecule has 2 unspecified atom stereocenters. The van der Waals surface area contributed by atoms with Crippen LogP contribution in [0.1, 0.15) is 77.2 Å². The van der Waals surface area contributed by atoms with Gasteiger partial charge >= 0.3 is 0 Å². The molecule has 0 aliphatic carbocycles. The molecule has 3 nitrogen and oxygen atoms in total. The molecule has 2 atom stereocenters.